The first-order valence-corrected chi connectivity index (χ1v) is 7.48. The molecule has 3 rings (SSSR count). The number of aromatic nitrogens is 1. The van der Waals surface area contributed by atoms with E-state index < -0.39 is 0 Å². The maximum atomic E-state index is 6.14. The Balaban J connectivity index is 2.16. The third kappa shape index (κ3) is 2.59. The topological polar surface area (TPSA) is 16.1 Å². The third-order valence-corrected chi connectivity index (χ3v) is 4.01. The van der Waals surface area contributed by atoms with Crippen LogP contribution in [0, 0.1) is 6.92 Å². The zero-order chi connectivity index (χ0) is 14.8. The van der Waals surface area contributed by atoms with Crippen LogP contribution in [-0.2, 0) is 5.88 Å². The molecule has 0 saturated carbocycles. The van der Waals surface area contributed by atoms with E-state index in [-0.39, 0.29) is 0 Å². The average molecular weight is 297 g/mol. The summed E-state index contributed by atoms with van der Waals surface area (Å²) in [6.45, 7) is 2.10. The van der Waals surface area contributed by atoms with E-state index >= 15 is 0 Å². The van der Waals surface area contributed by atoms with E-state index in [9.17, 15) is 0 Å². The predicted molar refractivity (Wildman–Crippen MR) is 90.5 cm³/mol. The van der Waals surface area contributed by atoms with Crippen LogP contribution in [0.3, 0.4) is 0 Å². The molecule has 0 spiro atoms. The largest absolute Gasteiger partial charge is 0.329 e. The second kappa shape index (κ2) is 5.74. The van der Waals surface area contributed by atoms with Gasteiger partial charge in [0.1, 0.15) is 5.82 Å². The summed E-state index contributed by atoms with van der Waals surface area (Å²) >= 11 is 6.14. The third-order valence-electron chi connectivity index (χ3n) is 3.72. The number of fused-ring (bicyclic) bond motifs is 1. The molecule has 0 bridgehead atoms. The van der Waals surface area contributed by atoms with Crippen LogP contribution in [-0.4, -0.2) is 12.0 Å². The summed E-state index contributed by atoms with van der Waals surface area (Å²) in [5.74, 6) is 1.36. The van der Waals surface area contributed by atoms with Crippen molar-refractivity contribution in [1.82, 2.24) is 4.98 Å². The van der Waals surface area contributed by atoms with Gasteiger partial charge < -0.3 is 4.90 Å². The number of rotatable bonds is 3. The number of hydrogen-bond acceptors (Lipinski definition) is 2. The first kappa shape index (κ1) is 13.9. The van der Waals surface area contributed by atoms with Crippen molar-refractivity contribution < 1.29 is 0 Å². The van der Waals surface area contributed by atoms with Crippen LogP contribution in [0.25, 0.3) is 10.9 Å². The number of anilines is 2. The van der Waals surface area contributed by atoms with Crippen molar-refractivity contribution in [1.29, 1.82) is 0 Å². The van der Waals surface area contributed by atoms with Gasteiger partial charge in [0.15, 0.2) is 0 Å². The minimum atomic E-state index is 0.448. The molecular weight excluding hydrogens is 280 g/mol. The van der Waals surface area contributed by atoms with E-state index in [0.717, 1.165) is 28.0 Å². The van der Waals surface area contributed by atoms with E-state index in [1.54, 1.807) is 0 Å². The van der Waals surface area contributed by atoms with E-state index in [0.29, 0.717) is 5.88 Å². The Morgan fingerprint density at radius 1 is 1.05 bits per heavy atom. The number of para-hydroxylation sites is 2. The van der Waals surface area contributed by atoms with Crippen LogP contribution < -0.4 is 4.90 Å². The Kier molecular flexibility index (Phi) is 3.80. The maximum Gasteiger partial charge on any atom is 0.137 e. The first-order chi connectivity index (χ1) is 10.2. The average Bonchev–Trinajstić information content (AvgIpc) is 2.53. The van der Waals surface area contributed by atoms with Crippen LogP contribution in [0.15, 0.2) is 54.6 Å². The quantitative estimate of drug-likeness (QED) is 0.629. The van der Waals surface area contributed by atoms with Crippen LogP contribution in [0.1, 0.15) is 11.1 Å². The lowest BCUT2D eigenvalue weighted by atomic mass is 10.1. The Labute approximate surface area is 130 Å². The summed E-state index contributed by atoms with van der Waals surface area (Å²) in [4.78, 5) is 6.92. The summed E-state index contributed by atoms with van der Waals surface area (Å²) in [7, 11) is 2.04. The number of nitrogens with zero attached hydrogens (tertiary/aromatic N) is 2. The minimum Gasteiger partial charge on any atom is -0.329 e. The molecule has 0 amide bonds. The molecule has 0 saturated heterocycles. The van der Waals surface area contributed by atoms with Crippen molar-refractivity contribution in [3.63, 3.8) is 0 Å². The van der Waals surface area contributed by atoms with Crippen molar-refractivity contribution in [2.75, 3.05) is 11.9 Å². The SMILES string of the molecule is Cc1ccccc1N(C)c1nc2ccccc2cc1CCl. The van der Waals surface area contributed by atoms with Gasteiger partial charge in [-0.05, 0) is 30.7 Å². The van der Waals surface area contributed by atoms with E-state index in [1.807, 2.05) is 37.4 Å². The molecule has 0 aliphatic carbocycles. The van der Waals surface area contributed by atoms with Crippen molar-refractivity contribution in [2.45, 2.75) is 12.8 Å². The summed E-state index contributed by atoms with van der Waals surface area (Å²) in [5.41, 5.74) is 4.39. The standard InChI is InChI=1S/C18H17ClN2/c1-13-7-3-6-10-17(13)21(2)18-15(12-19)11-14-8-4-5-9-16(14)20-18/h3-11H,12H2,1-2H3. The molecule has 2 nitrogen and oxygen atoms in total. The molecule has 0 fully saturated rings. The summed E-state index contributed by atoms with van der Waals surface area (Å²) in [6, 6.07) is 18.5. The Morgan fingerprint density at radius 3 is 2.52 bits per heavy atom. The molecule has 106 valence electrons. The van der Waals surface area contributed by atoms with Gasteiger partial charge in [0, 0.05) is 23.7 Å². The van der Waals surface area contributed by atoms with Crippen molar-refractivity contribution in [3.8, 4) is 0 Å². The van der Waals surface area contributed by atoms with Crippen LogP contribution in [0.5, 0.6) is 0 Å². The highest BCUT2D eigenvalue weighted by molar-refractivity contribution is 6.17. The van der Waals surface area contributed by atoms with Gasteiger partial charge in [-0.2, -0.15) is 0 Å². The molecule has 21 heavy (non-hydrogen) atoms. The molecule has 0 radical (unpaired) electrons. The van der Waals surface area contributed by atoms with Crippen LogP contribution in [0.4, 0.5) is 11.5 Å². The lowest BCUT2D eigenvalue weighted by Crippen LogP contribution is -2.14. The summed E-state index contributed by atoms with van der Waals surface area (Å²) in [6.07, 6.45) is 0. The smallest absolute Gasteiger partial charge is 0.137 e. The highest BCUT2D eigenvalue weighted by atomic mass is 35.5. The van der Waals surface area contributed by atoms with Gasteiger partial charge in [-0.15, -0.1) is 11.6 Å². The van der Waals surface area contributed by atoms with Gasteiger partial charge in [0.05, 0.1) is 11.4 Å². The maximum absolute atomic E-state index is 6.14. The Hall–Kier alpha value is -2.06. The number of benzene rings is 2. The first-order valence-electron chi connectivity index (χ1n) is 6.94. The fraction of sp³-hybridized carbons (Fsp3) is 0.167. The number of pyridine rings is 1. The Morgan fingerprint density at radius 2 is 1.76 bits per heavy atom. The fourth-order valence-corrected chi connectivity index (χ4v) is 2.79. The molecule has 0 atom stereocenters. The van der Waals surface area contributed by atoms with Gasteiger partial charge in [-0.25, -0.2) is 4.98 Å². The molecule has 3 heteroatoms. The highest BCUT2D eigenvalue weighted by Gasteiger charge is 2.13. The second-order valence-corrected chi connectivity index (χ2v) is 5.41. The monoisotopic (exact) mass is 296 g/mol. The Bertz CT molecular complexity index is 783. The van der Waals surface area contributed by atoms with Crippen LogP contribution in [0.2, 0.25) is 0 Å². The van der Waals surface area contributed by atoms with Gasteiger partial charge in [-0.3, -0.25) is 0 Å². The highest BCUT2D eigenvalue weighted by Crippen LogP contribution is 2.30. The number of hydrogen-bond donors (Lipinski definition) is 0. The lowest BCUT2D eigenvalue weighted by molar-refractivity contribution is 1.10. The van der Waals surface area contributed by atoms with E-state index in [4.69, 9.17) is 16.6 Å². The number of aryl methyl sites for hydroxylation is 1. The summed E-state index contributed by atoms with van der Waals surface area (Å²) in [5, 5.41) is 1.12. The van der Waals surface area contributed by atoms with Crippen LogP contribution >= 0.6 is 11.6 Å². The molecule has 0 N–H and O–H groups in total. The zero-order valence-corrected chi connectivity index (χ0v) is 12.9. The lowest BCUT2D eigenvalue weighted by Gasteiger charge is -2.23. The normalized spacial score (nSPS) is 10.8. The van der Waals surface area contributed by atoms with Gasteiger partial charge in [-0.1, -0.05) is 36.4 Å². The molecule has 3 aromatic rings. The van der Waals surface area contributed by atoms with Gasteiger partial charge >= 0.3 is 0 Å². The second-order valence-electron chi connectivity index (χ2n) is 5.14. The molecular formula is C18H17ClN2. The van der Waals surface area contributed by atoms with Crippen molar-refractivity contribution in [2.24, 2.45) is 0 Å². The molecule has 2 aromatic carbocycles. The molecule has 1 aromatic heterocycles. The molecule has 1 heterocycles. The molecule has 0 unspecified atom stereocenters. The summed E-state index contributed by atoms with van der Waals surface area (Å²) < 4.78 is 0. The number of alkyl halides is 1. The number of halogens is 1. The van der Waals surface area contributed by atoms with Gasteiger partial charge in [0.2, 0.25) is 0 Å². The fourth-order valence-electron chi connectivity index (χ4n) is 2.59. The van der Waals surface area contributed by atoms with E-state index in [1.165, 1.54) is 5.56 Å². The predicted octanol–water partition coefficient (Wildman–Crippen LogP) is 5.05. The molecule has 0 aliphatic rings. The zero-order valence-electron chi connectivity index (χ0n) is 12.2. The minimum absolute atomic E-state index is 0.448. The van der Waals surface area contributed by atoms with Crippen molar-refractivity contribution >= 4 is 34.0 Å². The molecule has 0 aliphatic heterocycles. The van der Waals surface area contributed by atoms with E-state index in [2.05, 4.69) is 36.1 Å². The van der Waals surface area contributed by atoms with Gasteiger partial charge in [0.25, 0.3) is 0 Å². The van der Waals surface area contributed by atoms with Crippen molar-refractivity contribution in [3.05, 3.63) is 65.7 Å².